The van der Waals surface area contributed by atoms with E-state index in [1.54, 1.807) is 24.3 Å². The van der Waals surface area contributed by atoms with Gasteiger partial charge < -0.3 is 16.8 Å². The van der Waals surface area contributed by atoms with E-state index in [1.165, 1.54) is 0 Å². The molecule has 0 fully saturated rings. The van der Waals surface area contributed by atoms with Crippen LogP contribution in [0.4, 0.5) is 5.69 Å². The van der Waals surface area contributed by atoms with Crippen molar-refractivity contribution >= 4 is 17.5 Å². The van der Waals surface area contributed by atoms with E-state index >= 15 is 0 Å². The number of hydrogen-bond donors (Lipinski definition) is 3. The Kier molecular flexibility index (Phi) is 4.85. The molecule has 0 heterocycles. The molecule has 0 saturated heterocycles. The zero-order valence-electron chi connectivity index (χ0n) is 10.6. The van der Waals surface area contributed by atoms with Crippen LogP contribution in [-0.2, 0) is 16.0 Å². The number of benzene rings is 1. The van der Waals surface area contributed by atoms with Crippen molar-refractivity contribution in [3.63, 3.8) is 0 Å². The largest absolute Gasteiger partial charge is 0.369 e. The molecule has 5 N–H and O–H groups in total. The summed E-state index contributed by atoms with van der Waals surface area (Å²) in [6, 6.07) is 6.42. The van der Waals surface area contributed by atoms with Gasteiger partial charge in [0.1, 0.15) is 0 Å². The van der Waals surface area contributed by atoms with Gasteiger partial charge in [-0.15, -0.1) is 0 Å². The van der Waals surface area contributed by atoms with Crippen molar-refractivity contribution in [3.05, 3.63) is 29.8 Å². The van der Waals surface area contributed by atoms with Gasteiger partial charge in [0.2, 0.25) is 11.8 Å². The van der Waals surface area contributed by atoms with Gasteiger partial charge in [0.05, 0.1) is 12.5 Å². The van der Waals surface area contributed by atoms with Gasteiger partial charge in [-0.3, -0.25) is 9.59 Å². The Hall–Kier alpha value is -1.88. The topological polar surface area (TPSA) is 98.2 Å². The number of anilines is 1. The van der Waals surface area contributed by atoms with E-state index in [9.17, 15) is 9.59 Å². The summed E-state index contributed by atoms with van der Waals surface area (Å²) in [4.78, 5) is 22.4. The van der Waals surface area contributed by atoms with Crippen LogP contribution in [0, 0.1) is 5.92 Å². The summed E-state index contributed by atoms with van der Waals surface area (Å²) in [5.74, 6) is -0.514. The van der Waals surface area contributed by atoms with E-state index < -0.39 is 6.04 Å². The minimum atomic E-state index is -0.532. The third-order valence-electron chi connectivity index (χ3n) is 2.62. The highest BCUT2D eigenvalue weighted by Crippen LogP contribution is 2.11. The number of hydrogen-bond acceptors (Lipinski definition) is 3. The molecular weight excluding hydrogens is 230 g/mol. The Morgan fingerprint density at radius 2 is 1.78 bits per heavy atom. The molecule has 0 bridgehead atoms. The molecule has 1 rings (SSSR count). The molecule has 18 heavy (non-hydrogen) atoms. The fourth-order valence-corrected chi connectivity index (χ4v) is 1.44. The Bertz CT molecular complexity index is 426. The molecule has 0 spiro atoms. The van der Waals surface area contributed by atoms with E-state index in [0.717, 1.165) is 5.56 Å². The number of rotatable bonds is 5. The standard InChI is InChI=1S/C13H19N3O2/c1-8(2)12(15)13(18)16-10-5-3-9(4-6-10)7-11(14)17/h3-6,8,12H,7,15H2,1-2H3,(H2,14,17)(H,16,18)/t12-/m0/s1. The van der Waals surface area contributed by atoms with Crippen molar-refractivity contribution in [2.75, 3.05) is 5.32 Å². The van der Waals surface area contributed by atoms with Crippen molar-refractivity contribution in [2.24, 2.45) is 17.4 Å². The molecule has 0 aromatic heterocycles. The van der Waals surface area contributed by atoms with Crippen molar-refractivity contribution in [1.82, 2.24) is 0 Å². The first kappa shape index (κ1) is 14.2. The molecule has 2 amide bonds. The summed E-state index contributed by atoms with van der Waals surface area (Å²) in [6.45, 7) is 3.78. The maximum absolute atomic E-state index is 11.7. The number of carbonyl (C=O) groups is 2. The number of primary amides is 1. The van der Waals surface area contributed by atoms with E-state index in [0.29, 0.717) is 5.69 Å². The summed E-state index contributed by atoms with van der Waals surface area (Å²) >= 11 is 0. The van der Waals surface area contributed by atoms with Crippen molar-refractivity contribution < 1.29 is 9.59 Å². The lowest BCUT2D eigenvalue weighted by Crippen LogP contribution is -2.39. The summed E-state index contributed by atoms with van der Waals surface area (Å²) in [5.41, 5.74) is 12.3. The Morgan fingerprint density at radius 1 is 1.22 bits per heavy atom. The minimum Gasteiger partial charge on any atom is -0.369 e. The lowest BCUT2D eigenvalue weighted by Gasteiger charge is -2.15. The third kappa shape index (κ3) is 4.18. The first-order valence-corrected chi connectivity index (χ1v) is 5.84. The van der Waals surface area contributed by atoms with Gasteiger partial charge in [0, 0.05) is 5.69 Å². The third-order valence-corrected chi connectivity index (χ3v) is 2.62. The lowest BCUT2D eigenvalue weighted by molar-refractivity contribution is -0.118. The summed E-state index contributed by atoms with van der Waals surface area (Å²) in [7, 11) is 0. The lowest BCUT2D eigenvalue weighted by atomic mass is 10.0. The van der Waals surface area contributed by atoms with E-state index in [4.69, 9.17) is 11.5 Å². The van der Waals surface area contributed by atoms with Gasteiger partial charge in [0.25, 0.3) is 0 Å². The van der Waals surface area contributed by atoms with Crippen LogP contribution in [0.25, 0.3) is 0 Å². The molecule has 1 aromatic carbocycles. The van der Waals surface area contributed by atoms with Gasteiger partial charge in [-0.1, -0.05) is 26.0 Å². The number of carbonyl (C=O) groups excluding carboxylic acids is 2. The zero-order chi connectivity index (χ0) is 13.7. The van der Waals surface area contributed by atoms with Crippen LogP contribution in [-0.4, -0.2) is 17.9 Å². The molecule has 5 heteroatoms. The molecular formula is C13H19N3O2. The second-order valence-corrected chi connectivity index (χ2v) is 4.60. The molecule has 5 nitrogen and oxygen atoms in total. The van der Waals surface area contributed by atoms with E-state index in [1.807, 2.05) is 13.8 Å². The summed E-state index contributed by atoms with van der Waals surface area (Å²) < 4.78 is 0. The quantitative estimate of drug-likeness (QED) is 0.714. The van der Waals surface area contributed by atoms with Crippen LogP contribution in [0.1, 0.15) is 19.4 Å². The molecule has 0 aliphatic rings. The molecule has 1 aromatic rings. The Balaban J connectivity index is 2.63. The van der Waals surface area contributed by atoms with E-state index in [-0.39, 0.29) is 24.2 Å². The molecule has 0 aliphatic heterocycles. The fourth-order valence-electron chi connectivity index (χ4n) is 1.44. The first-order chi connectivity index (χ1) is 8.40. The molecule has 98 valence electrons. The maximum atomic E-state index is 11.7. The Labute approximate surface area is 107 Å². The van der Waals surface area contributed by atoms with Gasteiger partial charge in [-0.25, -0.2) is 0 Å². The van der Waals surface area contributed by atoms with Gasteiger partial charge >= 0.3 is 0 Å². The molecule has 0 saturated carbocycles. The fraction of sp³-hybridized carbons (Fsp3) is 0.385. The second-order valence-electron chi connectivity index (χ2n) is 4.60. The highest BCUT2D eigenvalue weighted by molar-refractivity contribution is 5.94. The normalized spacial score (nSPS) is 12.2. The van der Waals surface area contributed by atoms with Crippen LogP contribution in [0.5, 0.6) is 0 Å². The van der Waals surface area contributed by atoms with Crippen molar-refractivity contribution in [2.45, 2.75) is 26.3 Å². The SMILES string of the molecule is CC(C)[C@H](N)C(=O)Nc1ccc(CC(N)=O)cc1. The van der Waals surface area contributed by atoms with Crippen molar-refractivity contribution in [3.8, 4) is 0 Å². The molecule has 0 unspecified atom stereocenters. The average Bonchev–Trinajstić information content (AvgIpc) is 2.29. The zero-order valence-corrected chi connectivity index (χ0v) is 10.6. The van der Waals surface area contributed by atoms with Crippen LogP contribution in [0.2, 0.25) is 0 Å². The summed E-state index contributed by atoms with van der Waals surface area (Å²) in [5, 5.41) is 2.72. The molecule has 0 aliphatic carbocycles. The van der Waals surface area contributed by atoms with Crippen LogP contribution in [0.15, 0.2) is 24.3 Å². The minimum absolute atomic E-state index is 0.0825. The predicted molar refractivity (Wildman–Crippen MR) is 70.8 cm³/mol. The summed E-state index contributed by atoms with van der Waals surface area (Å²) in [6.07, 6.45) is 0.194. The van der Waals surface area contributed by atoms with Gasteiger partial charge in [0.15, 0.2) is 0 Å². The molecule has 1 atom stereocenters. The number of amides is 2. The van der Waals surface area contributed by atoms with Crippen LogP contribution < -0.4 is 16.8 Å². The maximum Gasteiger partial charge on any atom is 0.241 e. The second kappa shape index (κ2) is 6.16. The first-order valence-electron chi connectivity index (χ1n) is 5.84. The van der Waals surface area contributed by atoms with Crippen LogP contribution >= 0.6 is 0 Å². The number of nitrogens with two attached hydrogens (primary N) is 2. The Morgan fingerprint density at radius 3 is 2.22 bits per heavy atom. The van der Waals surface area contributed by atoms with Crippen molar-refractivity contribution in [1.29, 1.82) is 0 Å². The highest BCUT2D eigenvalue weighted by Gasteiger charge is 2.16. The highest BCUT2D eigenvalue weighted by atomic mass is 16.2. The molecule has 0 radical (unpaired) electrons. The monoisotopic (exact) mass is 249 g/mol. The average molecular weight is 249 g/mol. The van der Waals surface area contributed by atoms with Gasteiger partial charge in [-0.2, -0.15) is 0 Å². The van der Waals surface area contributed by atoms with E-state index in [2.05, 4.69) is 5.32 Å². The van der Waals surface area contributed by atoms with Crippen LogP contribution in [0.3, 0.4) is 0 Å². The smallest absolute Gasteiger partial charge is 0.241 e. The predicted octanol–water partition coefficient (Wildman–Crippen LogP) is 0.636. The van der Waals surface area contributed by atoms with Gasteiger partial charge in [-0.05, 0) is 23.6 Å². The number of nitrogens with one attached hydrogen (secondary N) is 1.